The van der Waals surface area contributed by atoms with E-state index in [0.717, 1.165) is 37.1 Å². The van der Waals surface area contributed by atoms with Crippen LogP contribution in [0.15, 0.2) is 54.6 Å². The van der Waals surface area contributed by atoms with Crippen LogP contribution in [0, 0.1) is 0 Å². The smallest absolute Gasteiger partial charge is 0.176 e. The van der Waals surface area contributed by atoms with Crippen LogP contribution >= 0.6 is 0 Å². The summed E-state index contributed by atoms with van der Waals surface area (Å²) in [4.78, 5) is 17.2. The molecule has 0 aromatic heterocycles. The van der Waals surface area contributed by atoms with E-state index in [4.69, 9.17) is 0 Å². The number of Topliss-reactive ketones (excluding diaryl/α,β-unsaturated/α-hetero) is 1. The van der Waals surface area contributed by atoms with Gasteiger partial charge in [-0.25, -0.2) is 0 Å². The summed E-state index contributed by atoms with van der Waals surface area (Å²) < 4.78 is 0. The van der Waals surface area contributed by atoms with Crippen molar-refractivity contribution in [3.8, 4) is 0 Å². The predicted molar refractivity (Wildman–Crippen MR) is 99.7 cm³/mol. The van der Waals surface area contributed by atoms with Crippen molar-refractivity contribution < 1.29 is 4.79 Å². The standard InChI is InChI=1S/C21H22N2O/c1-22-10-12-23(13-11-22)15-21(24)18-8-9-20-17(14-18)7-6-16-4-2-3-5-19(16)20/h2-9,14H,10-13,15H2,1H3. The summed E-state index contributed by atoms with van der Waals surface area (Å²) in [5, 5.41) is 4.83. The van der Waals surface area contributed by atoms with Gasteiger partial charge in [-0.2, -0.15) is 0 Å². The average molecular weight is 318 g/mol. The Morgan fingerprint density at radius 2 is 1.58 bits per heavy atom. The van der Waals surface area contributed by atoms with Crippen molar-refractivity contribution in [1.82, 2.24) is 9.80 Å². The summed E-state index contributed by atoms with van der Waals surface area (Å²) in [6, 6.07) is 18.7. The largest absolute Gasteiger partial charge is 0.304 e. The van der Waals surface area contributed by atoms with Crippen LogP contribution in [0.3, 0.4) is 0 Å². The van der Waals surface area contributed by atoms with Crippen LogP contribution in [0.5, 0.6) is 0 Å². The maximum absolute atomic E-state index is 12.6. The molecule has 0 radical (unpaired) electrons. The van der Waals surface area contributed by atoms with Crippen LogP contribution in [-0.2, 0) is 0 Å². The second-order valence-electron chi connectivity index (χ2n) is 6.73. The fraction of sp³-hybridized carbons (Fsp3) is 0.286. The Hall–Kier alpha value is -2.23. The van der Waals surface area contributed by atoms with Gasteiger partial charge in [-0.1, -0.05) is 48.5 Å². The van der Waals surface area contributed by atoms with Crippen LogP contribution in [0.25, 0.3) is 21.5 Å². The third-order valence-corrected chi connectivity index (χ3v) is 5.03. The Morgan fingerprint density at radius 1 is 0.875 bits per heavy atom. The lowest BCUT2D eigenvalue weighted by molar-refractivity contribution is 0.0876. The molecule has 0 N–H and O–H groups in total. The molecule has 1 saturated heterocycles. The highest BCUT2D eigenvalue weighted by Gasteiger charge is 2.17. The molecule has 0 saturated carbocycles. The molecule has 3 aromatic rings. The number of nitrogens with zero attached hydrogens (tertiary/aromatic N) is 2. The number of carbonyl (C=O) groups excluding carboxylic acids is 1. The first-order valence-electron chi connectivity index (χ1n) is 8.56. The van der Waals surface area contributed by atoms with Crippen LogP contribution in [-0.4, -0.2) is 55.4 Å². The molecule has 0 atom stereocenters. The van der Waals surface area contributed by atoms with E-state index in [-0.39, 0.29) is 5.78 Å². The van der Waals surface area contributed by atoms with Crippen molar-refractivity contribution in [3.63, 3.8) is 0 Å². The minimum atomic E-state index is 0.217. The molecule has 0 bridgehead atoms. The average Bonchev–Trinajstić information content (AvgIpc) is 2.63. The first-order chi connectivity index (χ1) is 11.7. The third-order valence-electron chi connectivity index (χ3n) is 5.03. The number of likely N-dealkylation sites (N-methyl/N-ethyl adjacent to an activating group) is 1. The van der Waals surface area contributed by atoms with Crippen LogP contribution in [0.1, 0.15) is 10.4 Å². The summed E-state index contributed by atoms with van der Waals surface area (Å²) in [6.45, 7) is 4.54. The maximum atomic E-state index is 12.6. The van der Waals surface area contributed by atoms with Gasteiger partial charge in [0.2, 0.25) is 0 Å². The zero-order valence-electron chi connectivity index (χ0n) is 14.0. The zero-order valence-corrected chi connectivity index (χ0v) is 14.0. The normalized spacial score (nSPS) is 16.7. The van der Waals surface area contributed by atoms with Gasteiger partial charge in [0.1, 0.15) is 0 Å². The molecular formula is C21H22N2O. The van der Waals surface area contributed by atoms with Crippen LogP contribution in [0.4, 0.5) is 0 Å². The first-order valence-corrected chi connectivity index (χ1v) is 8.56. The van der Waals surface area contributed by atoms with Crippen molar-refractivity contribution in [1.29, 1.82) is 0 Å². The van der Waals surface area contributed by atoms with E-state index in [0.29, 0.717) is 6.54 Å². The molecular weight excluding hydrogens is 296 g/mol. The Labute approximate surface area is 142 Å². The SMILES string of the molecule is CN1CCN(CC(=O)c2ccc3c(ccc4ccccc43)c2)CC1. The molecule has 0 aliphatic carbocycles. The number of fused-ring (bicyclic) bond motifs is 3. The highest BCUT2D eigenvalue weighted by molar-refractivity contribution is 6.10. The van der Waals surface area contributed by atoms with Crippen molar-refractivity contribution in [3.05, 3.63) is 60.2 Å². The lowest BCUT2D eigenvalue weighted by atomic mass is 9.99. The number of hydrogen-bond acceptors (Lipinski definition) is 3. The summed E-state index contributed by atoms with van der Waals surface area (Å²) >= 11 is 0. The van der Waals surface area contributed by atoms with Gasteiger partial charge in [0, 0.05) is 31.7 Å². The Morgan fingerprint density at radius 3 is 2.42 bits per heavy atom. The minimum absolute atomic E-state index is 0.217. The number of benzene rings is 3. The van der Waals surface area contributed by atoms with E-state index >= 15 is 0 Å². The van der Waals surface area contributed by atoms with E-state index in [9.17, 15) is 4.79 Å². The summed E-state index contributed by atoms with van der Waals surface area (Å²) in [5.41, 5.74) is 0.816. The molecule has 1 fully saturated rings. The summed E-state index contributed by atoms with van der Waals surface area (Å²) in [6.07, 6.45) is 0. The lowest BCUT2D eigenvalue weighted by Crippen LogP contribution is -2.46. The number of carbonyl (C=O) groups is 1. The highest BCUT2D eigenvalue weighted by Crippen LogP contribution is 2.26. The summed E-state index contributed by atoms with van der Waals surface area (Å²) in [7, 11) is 2.13. The molecule has 0 unspecified atom stereocenters. The van der Waals surface area contributed by atoms with Gasteiger partial charge in [-0.05, 0) is 34.7 Å². The number of hydrogen-bond donors (Lipinski definition) is 0. The van der Waals surface area contributed by atoms with Gasteiger partial charge in [0.15, 0.2) is 5.78 Å². The van der Waals surface area contributed by atoms with E-state index in [1.165, 1.54) is 16.2 Å². The molecule has 3 nitrogen and oxygen atoms in total. The Balaban J connectivity index is 1.60. The lowest BCUT2D eigenvalue weighted by Gasteiger charge is -2.31. The molecule has 1 heterocycles. The fourth-order valence-electron chi connectivity index (χ4n) is 3.49. The topological polar surface area (TPSA) is 23.6 Å². The van der Waals surface area contributed by atoms with Gasteiger partial charge in [-0.3, -0.25) is 9.69 Å². The van der Waals surface area contributed by atoms with Gasteiger partial charge in [0.05, 0.1) is 6.54 Å². The van der Waals surface area contributed by atoms with Crippen molar-refractivity contribution in [2.24, 2.45) is 0 Å². The zero-order chi connectivity index (χ0) is 16.5. The van der Waals surface area contributed by atoms with Crippen molar-refractivity contribution >= 4 is 27.3 Å². The second-order valence-corrected chi connectivity index (χ2v) is 6.73. The van der Waals surface area contributed by atoms with Crippen molar-refractivity contribution in [2.75, 3.05) is 39.8 Å². The Kier molecular flexibility index (Phi) is 4.05. The van der Waals surface area contributed by atoms with Crippen LogP contribution < -0.4 is 0 Å². The van der Waals surface area contributed by atoms with E-state index < -0.39 is 0 Å². The molecule has 0 spiro atoms. The molecule has 3 aromatic carbocycles. The highest BCUT2D eigenvalue weighted by atomic mass is 16.1. The molecule has 24 heavy (non-hydrogen) atoms. The third kappa shape index (κ3) is 2.93. The molecule has 3 heteroatoms. The molecule has 1 aliphatic rings. The predicted octanol–water partition coefficient (Wildman–Crippen LogP) is 3.42. The monoisotopic (exact) mass is 318 g/mol. The number of piperazine rings is 1. The quantitative estimate of drug-likeness (QED) is 0.546. The van der Waals surface area contributed by atoms with Gasteiger partial charge < -0.3 is 4.90 Å². The van der Waals surface area contributed by atoms with Gasteiger partial charge >= 0.3 is 0 Å². The van der Waals surface area contributed by atoms with E-state index in [2.05, 4.69) is 59.3 Å². The van der Waals surface area contributed by atoms with Gasteiger partial charge in [0.25, 0.3) is 0 Å². The number of ketones is 1. The van der Waals surface area contributed by atoms with Gasteiger partial charge in [-0.15, -0.1) is 0 Å². The fourth-order valence-corrected chi connectivity index (χ4v) is 3.49. The summed E-state index contributed by atoms with van der Waals surface area (Å²) in [5.74, 6) is 0.217. The molecule has 4 rings (SSSR count). The maximum Gasteiger partial charge on any atom is 0.176 e. The molecule has 122 valence electrons. The first kappa shape index (κ1) is 15.3. The Bertz CT molecular complexity index is 895. The minimum Gasteiger partial charge on any atom is -0.304 e. The van der Waals surface area contributed by atoms with Crippen molar-refractivity contribution in [2.45, 2.75) is 0 Å². The van der Waals surface area contributed by atoms with Crippen LogP contribution in [0.2, 0.25) is 0 Å². The molecule has 1 aliphatic heterocycles. The van der Waals surface area contributed by atoms with E-state index in [1.54, 1.807) is 0 Å². The van der Waals surface area contributed by atoms with E-state index in [1.807, 2.05) is 12.1 Å². The number of rotatable bonds is 3. The second kappa shape index (κ2) is 6.34. The molecule has 0 amide bonds.